The molecule has 0 radical (unpaired) electrons. The highest BCUT2D eigenvalue weighted by atomic mass is 19.1. The second-order valence-corrected chi connectivity index (χ2v) is 7.34. The van der Waals surface area contributed by atoms with Crippen LogP contribution in [0.3, 0.4) is 0 Å². The highest BCUT2D eigenvalue weighted by molar-refractivity contribution is 5.93. The van der Waals surface area contributed by atoms with Gasteiger partial charge in [0.15, 0.2) is 5.82 Å². The Bertz CT molecular complexity index is 1100. The maximum absolute atomic E-state index is 13.1. The van der Waals surface area contributed by atoms with Gasteiger partial charge in [0.2, 0.25) is 0 Å². The lowest BCUT2D eigenvalue weighted by Gasteiger charge is -2.13. The third kappa shape index (κ3) is 4.03. The van der Waals surface area contributed by atoms with Crippen LogP contribution in [-0.2, 0) is 0 Å². The van der Waals surface area contributed by atoms with Gasteiger partial charge in [-0.2, -0.15) is 5.10 Å². The molecule has 2 aromatic heterocycles. The van der Waals surface area contributed by atoms with E-state index in [0.717, 1.165) is 33.5 Å². The lowest BCUT2D eigenvalue weighted by atomic mass is 10.0. The van der Waals surface area contributed by atoms with Gasteiger partial charge in [-0.15, -0.1) is 10.2 Å². The first-order valence-corrected chi connectivity index (χ1v) is 9.50. The number of rotatable bonds is 6. The van der Waals surface area contributed by atoms with E-state index in [9.17, 15) is 4.39 Å². The van der Waals surface area contributed by atoms with Crippen LogP contribution >= 0.6 is 0 Å². The van der Waals surface area contributed by atoms with E-state index in [0.29, 0.717) is 12.4 Å². The van der Waals surface area contributed by atoms with Crippen LogP contribution in [0.25, 0.3) is 22.2 Å². The molecular formula is C22H23FN6. The third-order valence-electron chi connectivity index (χ3n) is 4.96. The average molecular weight is 390 g/mol. The summed E-state index contributed by atoms with van der Waals surface area (Å²) in [5, 5.41) is 20.4. The fourth-order valence-corrected chi connectivity index (χ4v) is 3.25. The monoisotopic (exact) mass is 390 g/mol. The minimum atomic E-state index is -0.221. The van der Waals surface area contributed by atoms with Crippen molar-refractivity contribution in [1.29, 1.82) is 0 Å². The van der Waals surface area contributed by atoms with Crippen molar-refractivity contribution >= 4 is 22.5 Å². The molecule has 0 aliphatic rings. The van der Waals surface area contributed by atoms with E-state index in [2.05, 4.69) is 38.7 Å². The fourth-order valence-electron chi connectivity index (χ4n) is 3.25. The van der Waals surface area contributed by atoms with Gasteiger partial charge < -0.3 is 10.2 Å². The number of benzene rings is 2. The number of nitrogens with zero attached hydrogens (tertiary/aromatic N) is 4. The van der Waals surface area contributed by atoms with Crippen molar-refractivity contribution in [1.82, 2.24) is 20.4 Å². The maximum atomic E-state index is 13.1. The van der Waals surface area contributed by atoms with Gasteiger partial charge in [-0.05, 0) is 47.9 Å². The van der Waals surface area contributed by atoms with Crippen molar-refractivity contribution in [3.8, 4) is 11.3 Å². The van der Waals surface area contributed by atoms with Crippen molar-refractivity contribution < 1.29 is 4.39 Å². The van der Waals surface area contributed by atoms with Gasteiger partial charge in [-0.3, -0.25) is 5.10 Å². The Labute approximate surface area is 168 Å². The second kappa shape index (κ2) is 7.87. The summed E-state index contributed by atoms with van der Waals surface area (Å²) in [5.74, 6) is 1.61. The lowest BCUT2D eigenvalue weighted by Crippen LogP contribution is -2.11. The number of aromatic nitrogens is 4. The summed E-state index contributed by atoms with van der Waals surface area (Å²) in [4.78, 5) is 1.98. The van der Waals surface area contributed by atoms with Crippen LogP contribution in [0.4, 0.5) is 16.0 Å². The number of hydrogen-bond acceptors (Lipinski definition) is 5. The number of fused-ring (bicyclic) bond motifs is 1. The van der Waals surface area contributed by atoms with E-state index in [1.807, 2.05) is 55.4 Å². The molecule has 2 N–H and O–H groups in total. The summed E-state index contributed by atoms with van der Waals surface area (Å²) in [6.07, 6.45) is 0. The SMILES string of the molecule is CC(CNc1ccc(-c2ccc3[nH]nc(N(C)C)c3c2)nn1)c1ccc(F)cc1. The smallest absolute Gasteiger partial charge is 0.157 e. The quantitative estimate of drug-likeness (QED) is 0.509. The van der Waals surface area contributed by atoms with Crippen LogP contribution in [0, 0.1) is 5.82 Å². The average Bonchev–Trinajstić information content (AvgIpc) is 3.16. The predicted octanol–water partition coefficient (Wildman–Crippen LogP) is 4.44. The van der Waals surface area contributed by atoms with Crippen molar-refractivity contribution in [3.63, 3.8) is 0 Å². The van der Waals surface area contributed by atoms with Gasteiger partial charge in [0.25, 0.3) is 0 Å². The zero-order valence-electron chi connectivity index (χ0n) is 16.6. The van der Waals surface area contributed by atoms with Crippen LogP contribution in [0.15, 0.2) is 54.6 Å². The molecule has 2 aromatic carbocycles. The van der Waals surface area contributed by atoms with Gasteiger partial charge in [-0.1, -0.05) is 25.1 Å². The molecule has 0 amide bonds. The van der Waals surface area contributed by atoms with E-state index in [-0.39, 0.29) is 11.7 Å². The molecule has 0 bridgehead atoms. The number of anilines is 2. The molecule has 0 spiro atoms. The van der Waals surface area contributed by atoms with E-state index in [4.69, 9.17) is 0 Å². The van der Waals surface area contributed by atoms with Crippen molar-refractivity contribution in [2.24, 2.45) is 0 Å². The molecule has 0 aliphatic carbocycles. The van der Waals surface area contributed by atoms with Crippen LogP contribution in [0.1, 0.15) is 18.4 Å². The van der Waals surface area contributed by atoms with E-state index < -0.39 is 0 Å². The van der Waals surface area contributed by atoms with Crippen molar-refractivity contribution in [2.75, 3.05) is 30.9 Å². The molecule has 0 aliphatic heterocycles. The molecule has 148 valence electrons. The summed E-state index contributed by atoms with van der Waals surface area (Å²) >= 11 is 0. The Hall–Kier alpha value is -3.48. The van der Waals surface area contributed by atoms with Gasteiger partial charge in [0.05, 0.1) is 11.2 Å². The number of hydrogen-bond donors (Lipinski definition) is 2. The Kier molecular flexibility index (Phi) is 5.12. The maximum Gasteiger partial charge on any atom is 0.157 e. The highest BCUT2D eigenvalue weighted by Crippen LogP contribution is 2.28. The Morgan fingerprint density at radius 2 is 1.83 bits per heavy atom. The van der Waals surface area contributed by atoms with E-state index in [1.165, 1.54) is 12.1 Å². The van der Waals surface area contributed by atoms with Gasteiger partial charge >= 0.3 is 0 Å². The summed E-state index contributed by atoms with van der Waals surface area (Å²) in [5.41, 5.74) is 3.85. The molecule has 0 saturated heterocycles. The third-order valence-corrected chi connectivity index (χ3v) is 4.96. The van der Waals surface area contributed by atoms with Crippen LogP contribution < -0.4 is 10.2 Å². The lowest BCUT2D eigenvalue weighted by molar-refractivity contribution is 0.626. The van der Waals surface area contributed by atoms with Crippen LogP contribution in [0.2, 0.25) is 0 Å². The normalized spacial score (nSPS) is 12.1. The number of nitrogens with one attached hydrogen (secondary N) is 2. The Morgan fingerprint density at radius 3 is 2.52 bits per heavy atom. The van der Waals surface area contributed by atoms with Crippen molar-refractivity contribution in [2.45, 2.75) is 12.8 Å². The predicted molar refractivity (Wildman–Crippen MR) is 115 cm³/mol. The summed E-state index contributed by atoms with van der Waals surface area (Å²) in [6.45, 7) is 2.78. The minimum Gasteiger partial charge on any atom is -0.368 e. The first kappa shape index (κ1) is 18.9. The molecule has 1 atom stereocenters. The molecule has 7 heteroatoms. The first-order valence-electron chi connectivity index (χ1n) is 9.50. The van der Waals surface area contributed by atoms with Crippen LogP contribution in [-0.4, -0.2) is 41.0 Å². The van der Waals surface area contributed by atoms with E-state index in [1.54, 1.807) is 0 Å². The Balaban J connectivity index is 1.47. The Morgan fingerprint density at radius 1 is 1.03 bits per heavy atom. The molecular weight excluding hydrogens is 367 g/mol. The summed E-state index contributed by atoms with van der Waals surface area (Å²) in [7, 11) is 3.94. The molecule has 4 aromatic rings. The van der Waals surface area contributed by atoms with Gasteiger partial charge in [-0.25, -0.2) is 4.39 Å². The fraction of sp³-hybridized carbons (Fsp3) is 0.227. The zero-order valence-corrected chi connectivity index (χ0v) is 16.6. The zero-order chi connectivity index (χ0) is 20.4. The number of H-pyrrole nitrogens is 1. The highest BCUT2D eigenvalue weighted by Gasteiger charge is 2.10. The number of aromatic amines is 1. The van der Waals surface area contributed by atoms with Crippen LogP contribution in [0.5, 0.6) is 0 Å². The first-order chi connectivity index (χ1) is 14.0. The standard InChI is InChI=1S/C22H23FN6/c1-14(15-4-7-17(23)8-5-15)13-24-21-11-10-19(25-27-21)16-6-9-20-18(12-16)22(28-26-20)29(2)3/h4-12,14H,13H2,1-3H3,(H,24,27)(H,26,28). The molecule has 4 rings (SSSR count). The second-order valence-electron chi connectivity index (χ2n) is 7.34. The molecule has 6 nitrogen and oxygen atoms in total. The van der Waals surface area contributed by atoms with Gasteiger partial charge in [0, 0.05) is 31.6 Å². The van der Waals surface area contributed by atoms with Gasteiger partial charge in [0.1, 0.15) is 11.6 Å². The molecule has 29 heavy (non-hydrogen) atoms. The molecule has 1 unspecified atom stereocenters. The topological polar surface area (TPSA) is 69.7 Å². The molecule has 2 heterocycles. The largest absolute Gasteiger partial charge is 0.368 e. The summed E-state index contributed by atoms with van der Waals surface area (Å²) < 4.78 is 13.1. The number of halogens is 1. The van der Waals surface area contributed by atoms with E-state index >= 15 is 0 Å². The minimum absolute atomic E-state index is 0.221. The summed E-state index contributed by atoms with van der Waals surface area (Å²) in [6, 6.07) is 16.5. The molecule has 0 saturated carbocycles. The van der Waals surface area contributed by atoms with Crippen molar-refractivity contribution in [3.05, 3.63) is 66.0 Å². The molecule has 0 fully saturated rings.